The number of nitrogens with zero attached hydrogens (tertiary/aromatic N) is 2. The molecule has 1 heterocycles. The lowest BCUT2D eigenvalue weighted by molar-refractivity contribution is -0.138. The van der Waals surface area contributed by atoms with Crippen molar-refractivity contribution in [3.05, 3.63) is 35.4 Å². The second-order valence-corrected chi connectivity index (χ2v) is 6.08. The van der Waals surface area contributed by atoms with E-state index in [9.17, 15) is 13.2 Å². The largest absolute Gasteiger partial charge is 0.416 e. The van der Waals surface area contributed by atoms with E-state index >= 15 is 0 Å². The van der Waals surface area contributed by atoms with Gasteiger partial charge in [0.05, 0.1) is 11.6 Å². The van der Waals surface area contributed by atoms with Gasteiger partial charge in [-0.2, -0.15) is 18.4 Å². The average Bonchev–Trinajstić information content (AvgIpc) is 2.41. The molecule has 1 fully saturated rings. The molecule has 0 saturated carbocycles. The number of likely N-dealkylation sites (tertiary alicyclic amines) is 1. The van der Waals surface area contributed by atoms with Crippen LogP contribution in [0, 0.1) is 16.7 Å². The molecule has 0 atom stereocenters. The van der Waals surface area contributed by atoms with Crippen LogP contribution in [0.3, 0.4) is 0 Å². The number of halogens is 3. The minimum absolute atomic E-state index is 0.00873. The summed E-state index contributed by atoms with van der Waals surface area (Å²) in [6.07, 6.45) is -2.08. The second-order valence-electron chi connectivity index (χ2n) is 6.08. The molecule has 0 bridgehead atoms. The minimum Gasteiger partial charge on any atom is -0.299 e. The van der Waals surface area contributed by atoms with Crippen LogP contribution >= 0.6 is 0 Å². The maximum absolute atomic E-state index is 13.0. The fourth-order valence-electron chi connectivity index (χ4n) is 2.79. The number of benzene rings is 1. The molecule has 0 N–H and O–H groups in total. The summed E-state index contributed by atoms with van der Waals surface area (Å²) in [6.45, 7) is 3.88. The summed E-state index contributed by atoms with van der Waals surface area (Å²) in [4.78, 5) is 2.05. The number of piperidine rings is 1. The van der Waals surface area contributed by atoms with Gasteiger partial charge in [0, 0.05) is 13.0 Å². The van der Waals surface area contributed by atoms with Crippen molar-refractivity contribution >= 4 is 0 Å². The summed E-state index contributed by atoms with van der Waals surface area (Å²) < 4.78 is 38.9. The monoisotopic (exact) mass is 296 g/mol. The molecule has 114 valence electrons. The lowest BCUT2D eigenvalue weighted by Gasteiger charge is -2.38. The molecular formula is C16H19F3N2. The van der Waals surface area contributed by atoms with E-state index in [4.69, 9.17) is 5.26 Å². The SMILES string of the molecule is CC1(CC#N)CCN(Cc2ccccc2C(F)(F)F)CC1. The predicted molar refractivity (Wildman–Crippen MR) is 74.3 cm³/mol. The molecule has 1 saturated heterocycles. The Kier molecular flexibility index (Phi) is 4.58. The van der Waals surface area contributed by atoms with Crippen LogP contribution in [0.2, 0.25) is 0 Å². The number of hydrogen-bond acceptors (Lipinski definition) is 2. The standard InChI is InChI=1S/C16H19F3N2/c1-15(6-9-20)7-10-21(11-8-15)12-13-4-2-3-5-14(13)16(17,18)19/h2-5H,6-8,10-12H2,1H3. The van der Waals surface area contributed by atoms with Crippen molar-refractivity contribution in [1.29, 1.82) is 5.26 Å². The molecule has 5 heteroatoms. The zero-order valence-electron chi connectivity index (χ0n) is 12.1. The van der Waals surface area contributed by atoms with Crippen LogP contribution in [0.4, 0.5) is 13.2 Å². The summed E-state index contributed by atoms with van der Waals surface area (Å²) in [5.41, 5.74) is -0.210. The third kappa shape index (κ3) is 3.98. The quantitative estimate of drug-likeness (QED) is 0.835. The maximum Gasteiger partial charge on any atom is 0.416 e. The third-order valence-corrected chi connectivity index (χ3v) is 4.29. The molecule has 0 aliphatic carbocycles. The van der Waals surface area contributed by atoms with Crippen molar-refractivity contribution in [2.75, 3.05) is 13.1 Å². The first kappa shape index (κ1) is 15.8. The number of rotatable bonds is 3. The van der Waals surface area contributed by atoms with Crippen molar-refractivity contribution in [3.8, 4) is 6.07 Å². The van der Waals surface area contributed by atoms with Crippen LogP contribution in [0.15, 0.2) is 24.3 Å². The smallest absolute Gasteiger partial charge is 0.299 e. The predicted octanol–water partition coefficient (Wildman–Crippen LogP) is 4.22. The van der Waals surface area contributed by atoms with Crippen molar-refractivity contribution in [2.45, 2.75) is 38.9 Å². The van der Waals surface area contributed by atoms with Gasteiger partial charge in [0.15, 0.2) is 0 Å². The van der Waals surface area contributed by atoms with Gasteiger partial charge in [-0.15, -0.1) is 0 Å². The summed E-state index contributed by atoms with van der Waals surface area (Å²) in [7, 11) is 0. The zero-order chi connectivity index (χ0) is 15.5. The highest BCUT2D eigenvalue weighted by Gasteiger charge is 2.34. The first-order valence-electron chi connectivity index (χ1n) is 7.08. The molecule has 1 aromatic rings. The second kappa shape index (κ2) is 6.07. The molecule has 2 nitrogen and oxygen atoms in total. The fraction of sp³-hybridized carbons (Fsp3) is 0.562. The van der Waals surface area contributed by atoms with E-state index in [2.05, 4.69) is 13.0 Å². The van der Waals surface area contributed by atoms with Gasteiger partial charge >= 0.3 is 6.18 Å². The fourth-order valence-corrected chi connectivity index (χ4v) is 2.79. The molecule has 2 rings (SSSR count). The Morgan fingerprint density at radius 2 is 1.86 bits per heavy atom. The van der Waals surface area contributed by atoms with Gasteiger partial charge in [-0.25, -0.2) is 0 Å². The Balaban J connectivity index is 2.04. The van der Waals surface area contributed by atoms with Crippen molar-refractivity contribution in [2.24, 2.45) is 5.41 Å². The highest BCUT2D eigenvalue weighted by Crippen LogP contribution is 2.36. The lowest BCUT2D eigenvalue weighted by atomic mass is 9.78. The number of hydrogen-bond donors (Lipinski definition) is 0. The Labute approximate surface area is 123 Å². The minimum atomic E-state index is -4.30. The van der Waals surface area contributed by atoms with E-state index in [1.807, 2.05) is 4.90 Å². The summed E-state index contributed by atoms with van der Waals surface area (Å²) in [5, 5.41) is 8.82. The first-order chi connectivity index (χ1) is 9.84. The normalized spacial score (nSPS) is 19.2. The topological polar surface area (TPSA) is 27.0 Å². The zero-order valence-corrected chi connectivity index (χ0v) is 12.1. The van der Waals surface area contributed by atoms with Gasteiger partial charge in [-0.3, -0.25) is 4.90 Å². The van der Waals surface area contributed by atoms with E-state index in [0.29, 0.717) is 18.5 Å². The Hall–Kier alpha value is -1.54. The average molecular weight is 296 g/mol. The van der Waals surface area contributed by atoms with Crippen molar-refractivity contribution in [1.82, 2.24) is 4.90 Å². The number of alkyl halides is 3. The maximum atomic E-state index is 13.0. The van der Waals surface area contributed by atoms with Gasteiger partial charge < -0.3 is 0 Å². The highest BCUT2D eigenvalue weighted by atomic mass is 19.4. The summed E-state index contributed by atoms with van der Waals surface area (Å²) >= 11 is 0. The first-order valence-corrected chi connectivity index (χ1v) is 7.08. The van der Waals surface area contributed by atoms with Crippen LogP contribution in [0.5, 0.6) is 0 Å². The molecule has 0 aromatic heterocycles. The molecule has 1 aliphatic heterocycles. The molecule has 21 heavy (non-hydrogen) atoms. The van der Waals surface area contributed by atoms with Crippen molar-refractivity contribution < 1.29 is 13.2 Å². The molecule has 0 spiro atoms. The molecular weight excluding hydrogens is 277 g/mol. The van der Waals surface area contributed by atoms with E-state index in [-0.39, 0.29) is 5.41 Å². The molecule has 0 unspecified atom stereocenters. The Bertz CT molecular complexity index is 523. The molecule has 1 aliphatic rings. The molecule has 0 radical (unpaired) electrons. The van der Waals surface area contributed by atoms with E-state index in [0.717, 1.165) is 32.0 Å². The summed E-state index contributed by atoms with van der Waals surface area (Å²) in [5.74, 6) is 0. The number of nitriles is 1. The highest BCUT2D eigenvalue weighted by molar-refractivity contribution is 5.29. The Morgan fingerprint density at radius 1 is 1.24 bits per heavy atom. The Morgan fingerprint density at radius 3 is 2.43 bits per heavy atom. The van der Waals surface area contributed by atoms with Crippen LogP contribution < -0.4 is 0 Å². The van der Waals surface area contributed by atoms with E-state index in [1.165, 1.54) is 6.07 Å². The van der Waals surface area contributed by atoms with Crippen LogP contribution in [-0.4, -0.2) is 18.0 Å². The van der Waals surface area contributed by atoms with Gasteiger partial charge in [0.1, 0.15) is 0 Å². The van der Waals surface area contributed by atoms with Crippen LogP contribution in [0.25, 0.3) is 0 Å². The summed E-state index contributed by atoms with van der Waals surface area (Å²) in [6, 6.07) is 7.96. The van der Waals surface area contributed by atoms with E-state index < -0.39 is 11.7 Å². The molecule has 0 amide bonds. The molecule has 1 aromatic carbocycles. The van der Waals surface area contributed by atoms with E-state index in [1.54, 1.807) is 12.1 Å². The van der Waals surface area contributed by atoms with Crippen LogP contribution in [-0.2, 0) is 12.7 Å². The van der Waals surface area contributed by atoms with Gasteiger partial charge in [-0.1, -0.05) is 25.1 Å². The van der Waals surface area contributed by atoms with Gasteiger partial charge in [-0.05, 0) is 43.0 Å². The van der Waals surface area contributed by atoms with Gasteiger partial charge in [0.25, 0.3) is 0 Å². The van der Waals surface area contributed by atoms with Gasteiger partial charge in [0.2, 0.25) is 0 Å². The third-order valence-electron chi connectivity index (χ3n) is 4.29. The van der Waals surface area contributed by atoms with Crippen LogP contribution in [0.1, 0.15) is 37.3 Å². The van der Waals surface area contributed by atoms with Crippen molar-refractivity contribution in [3.63, 3.8) is 0 Å². The lowest BCUT2D eigenvalue weighted by Crippen LogP contribution is -2.38.